The SMILES string of the molecule is CCCc1ccc(C(=O)N2CCCN(CC(=O)OCC)CC2)cc1. The minimum atomic E-state index is -0.191. The molecule has 5 nitrogen and oxygen atoms in total. The first-order chi connectivity index (χ1) is 11.6. The van der Waals surface area contributed by atoms with Crippen molar-refractivity contribution in [2.24, 2.45) is 0 Å². The minimum absolute atomic E-state index is 0.0797. The van der Waals surface area contributed by atoms with Gasteiger partial charge >= 0.3 is 5.97 Å². The number of amides is 1. The van der Waals surface area contributed by atoms with E-state index in [4.69, 9.17) is 4.74 Å². The fourth-order valence-corrected chi connectivity index (χ4v) is 3.01. The number of rotatable bonds is 6. The molecule has 1 aliphatic heterocycles. The van der Waals surface area contributed by atoms with Crippen molar-refractivity contribution < 1.29 is 14.3 Å². The van der Waals surface area contributed by atoms with Crippen molar-refractivity contribution >= 4 is 11.9 Å². The Labute approximate surface area is 144 Å². The molecule has 0 N–H and O–H groups in total. The van der Waals surface area contributed by atoms with Gasteiger partial charge in [-0.3, -0.25) is 14.5 Å². The van der Waals surface area contributed by atoms with Crippen LogP contribution in [0, 0.1) is 0 Å². The molecule has 1 amide bonds. The van der Waals surface area contributed by atoms with E-state index in [0.29, 0.717) is 26.2 Å². The van der Waals surface area contributed by atoms with Crippen LogP contribution in [-0.4, -0.2) is 61.0 Å². The Morgan fingerprint density at radius 3 is 2.46 bits per heavy atom. The van der Waals surface area contributed by atoms with E-state index in [-0.39, 0.29) is 11.9 Å². The maximum atomic E-state index is 12.7. The maximum Gasteiger partial charge on any atom is 0.320 e. The Hall–Kier alpha value is -1.88. The number of ether oxygens (including phenoxy) is 1. The Bertz CT molecular complexity index is 542. The lowest BCUT2D eigenvalue weighted by molar-refractivity contribution is -0.144. The van der Waals surface area contributed by atoms with Crippen molar-refractivity contribution in [3.8, 4) is 0 Å². The van der Waals surface area contributed by atoms with Crippen molar-refractivity contribution in [3.05, 3.63) is 35.4 Å². The highest BCUT2D eigenvalue weighted by Gasteiger charge is 2.21. The lowest BCUT2D eigenvalue weighted by atomic mass is 10.1. The van der Waals surface area contributed by atoms with Gasteiger partial charge in [-0.2, -0.15) is 0 Å². The molecule has 0 aromatic heterocycles. The van der Waals surface area contributed by atoms with Crippen molar-refractivity contribution in [1.82, 2.24) is 9.80 Å². The fourth-order valence-electron chi connectivity index (χ4n) is 3.01. The average molecular weight is 332 g/mol. The lowest BCUT2D eigenvalue weighted by Gasteiger charge is -2.21. The van der Waals surface area contributed by atoms with Crippen LogP contribution in [0.3, 0.4) is 0 Å². The largest absolute Gasteiger partial charge is 0.465 e. The van der Waals surface area contributed by atoms with Crippen LogP contribution in [0.15, 0.2) is 24.3 Å². The first-order valence-corrected chi connectivity index (χ1v) is 8.90. The standard InChI is InChI=1S/C19H28N2O3/c1-3-6-16-7-9-17(10-8-16)19(23)21-12-5-11-20(13-14-21)15-18(22)24-4-2/h7-10H,3-6,11-15H2,1-2H3. The summed E-state index contributed by atoms with van der Waals surface area (Å²) >= 11 is 0. The van der Waals surface area contributed by atoms with Crippen molar-refractivity contribution in [2.75, 3.05) is 39.3 Å². The summed E-state index contributed by atoms with van der Waals surface area (Å²) in [5.41, 5.74) is 2.01. The summed E-state index contributed by atoms with van der Waals surface area (Å²) in [5, 5.41) is 0. The van der Waals surface area contributed by atoms with Crippen LogP contribution in [0.25, 0.3) is 0 Å². The van der Waals surface area contributed by atoms with Gasteiger partial charge in [-0.05, 0) is 37.5 Å². The van der Waals surface area contributed by atoms with Gasteiger partial charge in [0.25, 0.3) is 5.91 Å². The first kappa shape index (κ1) is 18.5. The molecule has 1 fully saturated rings. The average Bonchev–Trinajstić information content (AvgIpc) is 2.81. The van der Waals surface area contributed by atoms with Crippen LogP contribution in [-0.2, 0) is 16.0 Å². The molecule has 0 aliphatic carbocycles. The van der Waals surface area contributed by atoms with Gasteiger partial charge in [-0.15, -0.1) is 0 Å². The van der Waals surface area contributed by atoms with Gasteiger partial charge in [0.2, 0.25) is 0 Å². The number of nitrogens with zero attached hydrogens (tertiary/aromatic N) is 2. The Balaban J connectivity index is 1.90. The number of carbonyl (C=O) groups excluding carboxylic acids is 2. The topological polar surface area (TPSA) is 49.9 Å². The van der Waals surface area contributed by atoms with E-state index in [1.165, 1.54) is 5.56 Å². The van der Waals surface area contributed by atoms with Crippen LogP contribution in [0.5, 0.6) is 0 Å². The second-order valence-corrected chi connectivity index (χ2v) is 6.17. The zero-order chi connectivity index (χ0) is 17.4. The lowest BCUT2D eigenvalue weighted by Crippen LogP contribution is -2.37. The number of benzene rings is 1. The molecule has 1 saturated heterocycles. The van der Waals surface area contributed by atoms with E-state index >= 15 is 0 Å². The predicted molar refractivity (Wildman–Crippen MR) is 94.0 cm³/mol. The van der Waals surface area contributed by atoms with Crippen molar-refractivity contribution in [1.29, 1.82) is 0 Å². The third kappa shape index (κ3) is 5.34. The van der Waals surface area contributed by atoms with Crippen molar-refractivity contribution in [3.63, 3.8) is 0 Å². The second-order valence-electron chi connectivity index (χ2n) is 6.17. The molecule has 2 rings (SSSR count). The quantitative estimate of drug-likeness (QED) is 0.751. The van der Waals surface area contributed by atoms with Crippen molar-refractivity contribution in [2.45, 2.75) is 33.1 Å². The van der Waals surface area contributed by atoms with Gasteiger partial charge < -0.3 is 9.64 Å². The third-order valence-electron chi connectivity index (χ3n) is 4.27. The highest BCUT2D eigenvalue weighted by Crippen LogP contribution is 2.12. The van der Waals surface area contributed by atoms with E-state index in [9.17, 15) is 9.59 Å². The molecule has 0 radical (unpaired) electrons. The number of aryl methyl sites for hydroxylation is 1. The highest BCUT2D eigenvalue weighted by atomic mass is 16.5. The Morgan fingerprint density at radius 2 is 1.79 bits per heavy atom. The Morgan fingerprint density at radius 1 is 1.04 bits per heavy atom. The minimum Gasteiger partial charge on any atom is -0.465 e. The molecule has 0 atom stereocenters. The van der Waals surface area contributed by atoms with Gasteiger partial charge in [0, 0.05) is 31.7 Å². The summed E-state index contributed by atoms with van der Waals surface area (Å²) in [5.74, 6) is -0.111. The van der Waals surface area contributed by atoms with Gasteiger partial charge in [-0.1, -0.05) is 25.5 Å². The molecule has 0 unspecified atom stereocenters. The molecule has 24 heavy (non-hydrogen) atoms. The summed E-state index contributed by atoms with van der Waals surface area (Å²) in [6.07, 6.45) is 3.02. The zero-order valence-electron chi connectivity index (χ0n) is 14.8. The highest BCUT2D eigenvalue weighted by molar-refractivity contribution is 5.94. The summed E-state index contributed by atoms with van der Waals surface area (Å²) in [6.45, 7) is 7.58. The molecule has 1 aromatic carbocycles. The number of hydrogen-bond acceptors (Lipinski definition) is 4. The Kier molecular flexibility index (Phi) is 7.25. The summed E-state index contributed by atoms with van der Waals surface area (Å²) in [4.78, 5) is 28.2. The molecule has 0 bridgehead atoms. The molecule has 132 valence electrons. The molecule has 1 aromatic rings. The van der Waals surface area contributed by atoms with Crippen LogP contribution >= 0.6 is 0 Å². The number of carbonyl (C=O) groups is 2. The molecular weight excluding hydrogens is 304 g/mol. The molecular formula is C19H28N2O3. The zero-order valence-corrected chi connectivity index (χ0v) is 14.8. The van der Waals surface area contributed by atoms with Gasteiger partial charge in [0.05, 0.1) is 13.2 Å². The van der Waals surface area contributed by atoms with Gasteiger partial charge in [0.1, 0.15) is 0 Å². The summed E-state index contributed by atoms with van der Waals surface area (Å²) < 4.78 is 5.00. The molecule has 0 saturated carbocycles. The predicted octanol–water partition coefficient (Wildman–Crippen LogP) is 2.35. The van der Waals surface area contributed by atoms with Crippen LogP contribution in [0.4, 0.5) is 0 Å². The van der Waals surface area contributed by atoms with E-state index in [2.05, 4.69) is 11.8 Å². The van der Waals surface area contributed by atoms with Gasteiger partial charge in [-0.25, -0.2) is 0 Å². The molecule has 5 heteroatoms. The normalized spacial score (nSPS) is 15.8. The molecule has 1 aliphatic rings. The maximum absolute atomic E-state index is 12.7. The fraction of sp³-hybridized carbons (Fsp3) is 0.579. The monoisotopic (exact) mass is 332 g/mol. The van der Waals surface area contributed by atoms with Crippen LogP contribution in [0.1, 0.15) is 42.6 Å². The van der Waals surface area contributed by atoms with Gasteiger partial charge in [0.15, 0.2) is 0 Å². The number of hydrogen-bond donors (Lipinski definition) is 0. The second kappa shape index (κ2) is 9.42. The summed E-state index contributed by atoms with van der Waals surface area (Å²) in [6, 6.07) is 7.94. The van der Waals surface area contributed by atoms with Crippen LogP contribution < -0.4 is 0 Å². The molecule has 1 heterocycles. The number of esters is 1. The smallest absolute Gasteiger partial charge is 0.320 e. The van der Waals surface area contributed by atoms with E-state index < -0.39 is 0 Å². The third-order valence-corrected chi connectivity index (χ3v) is 4.27. The van der Waals surface area contributed by atoms with Crippen LogP contribution in [0.2, 0.25) is 0 Å². The molecule has 0 spiro atoms. The van der Waals surface area contributed by atoms with E-state index in [1.54, 1.807) is 0 Å². The van der Waals surface area contributed by atoms with E-state index in [1.807, 2.05) is 36.1 Å². The first-order valence-electron chi connectivity index (χ1n) is 8.90. The van der Waals surface area contributed by atoms with E-state index in [0.717, 1.165) is 37.9 Å². The summed E-state index contributed by atoms with van der Waals surface area (Å²) in [7, 11) is 0.